The zero-order valence-corrected chi connectivity index (χ0v) is 8.51. The first-order chi connectivity index (χ1) is 6.86. The zero-order valence-electron chi connectivity index (χ0n) is 8.51. The number of methoxy groups -OCH3 is 1. The lowest BCUT2D eigenvalue weighted by atomic mass is 10.6. The normalized spacial score (nSPS) is 8.00. The van der Waals surface area contributed by atoms with E-state index < -0.39 is 23.6 Å². The first kappa shape index (κ1) is 15.7. The summed E-state index contributed by atoms with van der Waals surface area (Å²) in [4.78, 5) is 19.9. The van der Waals surface area contributed by atoms with Gasteiger partial charge in [-0.05, 0) is 6.92 Å². The number of carbonyl (C=O) groups is 2. The fourth-order valence-corrected chi connectivity index (χ4v) is 0.320. The lowest BCUT2D eigenvalue weighted by Gasteiger charge is -1.94. The van der Waals surface area contributed by atoms with Crippen LogP contribution in [0, 0.1) is 0 Å². The molecule has 4 nitrogen and oxygen atoms in total. The Labute approximate surface area is 86.2 Å². The van der Waals surface area contributed by atoms with Crippen molar-refractivity contribution in [1.82, 2.24) is 0 Å². The van der Waals surface area contributed by atoms with E-state index in [0.29, 0.717) is 0 Å². The monoisotopic (exact) mass is 222 g/mol. The molecule has 6 heteroatoms. The summed E-state index contributed by atoms with van der Waals surface area (Å²) < 4.78 is 31.1. The van der Waals surface area contributed by atoms with Crippen LogP contribution < -0.4 is 0 Å². The van der Waals surface area contributed by atoms with E-state index in [4.69, 9.17) is 0 Å². The van der Waals surface area contributed by atoms with E-state index in [-0.39, 0.29) is 6.61 Å². The quantitative estimate of drug-likeness (QED) is 0.538. The third kappa shape index (κ3) is 10.2. The summed E-state index contributed by atoms with van der Waals surface area (Å²) in [6, 6.07) is 0. The molecule has 0 unspecified atom stereocenters. The summed E-state index contributed by atoms with van der Waals surface area (Å²) in [6.45, 7) is 7.20. The minimum atomic E-state index is -1.07. The van der Waals surface area contributed by atoms with E-state index in [1.807, 2.05) is 0 Å². The van der Waals surface area contributed by atoms with Gasteiger partial charge in [0.2, 0.25) is 11.7 Å². The Balaban J connectivity index is 0. The Morgan fingerprint density at radius 3 is 1.60 bits per heavy atom. The predicted molar refractivity (Wildman–Crippen MR) is 49.1 cm³/mol. The van der Waals surface area contributed by atoms with Gasteiger partial charge in [-0.2, -0.15) is 8.78 Å². The maximum absolute atomic E-state index is 11.6. The second-order valence-electron chi connectivity index (χ2n) is 2.02. The van der Waals surface area contributed by atoms with Crippen molar-refractivity contribution in [3.05, 3.63) is 24.8 Å². The second kappa shape index (κ2) is 8.86. The van der Waals surface area contributed by atoms with Gasteiger partial charge in [0.25, 0.3) is 0 Å². The van der Waals surface area contributed by atoms with Crippen LogP contribution >= 0.6 is 0 Å². The van der Waals surface area contributed by atoms with Crippen LogP contribution in [0.4, 0.5) is 8.78 Å². The van der Waals surface area contributed by atoms with E-state index in [1.54, 1.807) is 6.92 Å². The van der Waals surface area contributed by atoms with Gasteiger partial charge in [-0.15, -0.1) is 0 Å². The molecule has 0 spiro atoms. The fraction of sp³-hybridized carbons (Fsp3) is 0.333. The van der Waals surface area contributed by atoms with E-state index >= 15 is 0 Å². The number of esters is 2. The van der Waals surface area contributed by atoms with Crippen LogP contribution in [0.3, 0.4) is 0 Å². The molecule has 0 aromatic carbocycles. The van der Waals surface area contributed by atoms with Gasteiger partial charge < -0.3 is 9.47 Å². The van der Waals surface area contributed by atoms with Gasteiger partial charge >= 0.3 is 11.9 Å². The molecule has 0 heterocycles. The smallest absolute Gasteiger partial charge is 0.366 e. The summed E-state index contributed by atoms with van der Waals surface area (Å²) in [5, 5.41) is 0. The van der Waals surface area contributed by atoms with Crippen LogP contribution in [0.25, 0.3) is 0 Å². The van der Waals surface area contributed by atoms with E-state index in [1.165, 1.54) is 0 Å². The third-order valence-corrected chi connectivity index (χ3v) is 0.904. The zero-order chi connectivity index (χ0) is 12.4. The summed E-state index contributed by atoms with van der Waals surface area (Å²) >= 11 is 0. The molecule has 0 rings (SSSR count). The van der Waals surface area contributed by atoms with E-state index in [0.717, 1.165) is 7.11 Å². The topological polar surface area (TPSA) is 52.6 Å². The molecule has 0 saturated carbocycles. The highest BCUT2D eigenvalue weighted by molar-refractivity contribution is 5.85. The molecule has 0 aliphatic carbocycles. The van der Waals surface area contributed by atoms with Crippen molar-refractivity contribution < 1.29 is 27.8 Å². The molecule has 0 radical (unpaired) electrons. The standard InChI is InChI=1S/C5H7FO2.C4H5FO2/c1-3-8-5(7)4(2)6;1-3(5)4(6)7-2/h2-3H2,1H3;1H2,2H3. The van der Waals surface area contributed by atoms with Crippen LogP contribution in [-0.4, -0.2) is 25.7 Å². The lowest BCUT2D eigenvalue weighted by Crippen LogP contribution is -2.02. The highest BCUT2D eigenvalue weighted by Crippen LogP contribution is 1.93. The second-order valence-corrected chi connectivity index (χ2v) is 2.02. The minimum absolute atomic E-state index is 0.182. The number of carbonyl (C=O) groups excluding carboxylic acids is 2. The predicted octanol–water partition coefficient (Wildman–Crippen LogP) is 1.68. The number of halogens is 2. The fourth-order valence-electron chi connectivity index (χ4n) is 0.320. The molecule has 0 saturated heterocycles. The van der Waals surface area contributed by atoms with Crippen molar-refractivity contribution in [2.75, 3.05) is 13.7 Å². The largest absolute Gasteiger partial charge is 0.464 e. The van der Waals surface area contributed by atoms with Crippen molar-refractivity contribution in [2.45, 2.75) is 6.92 Å². The molecular weight excluding hydrogens is 210 g/mol. The molecule has 0 aromatic heterocycles. The van der Waals surface area contributed by atoms with E-state index in [2.05, 4.69) is 22.6 Å². The number of hydrogen-bond acceptors (Lipinski definition) is 4. The average Bonchev–Trinajstić information content (AvgIpc) is 2.17. The first-order valence-electron chi connectivity index (χ1n) is 3.81. The molecule has 0 aromatic rings. The van der Waals surface area contributed by atoms with Gasteiger partial charge in [-0.1, -0.05) is 13.2 Å². The first-order valence-corrected chi connectivity index (χ1v) is 3.81. The summed E-state index contributed by atoms with van der Waals surface area (Å²) in [5.74, 6) is -4.11. The highest BCUT2D eigenvalue weighted by atomic mass is 19.1. The van der Waals surface area contributed by atoms with Gasteiger partial charge in [-0.25, -0.2) is 9.59 Å². The van der Waals surface area contributed by atoms with Crippen LogP contribution in [0.5, 0.6) is 0 Å². The molecule has 0 bridgehead atoms. The van der Waals surface area contributed by atoms with Gasteiger partial charge in [0.1, 0.15) is 0 Å². The summed E-state index contributed by atoms with van der Waals surface area (Å²) in [7, 11) is 1.09. The lowest BCUT2D eigenvalue weighted by molar-refractivity contribution is -0.140. The molecule has 0 fully saturated rings. The molecular formula is C9H12F2O4. The van der Waals surface area contributed by atoms with Gasteiger partial charge in [-0.3, -0.25) is 0 Å². The van der Waals surface area contributed by atoms with E-state index in [9.17, 15) is 18.4 Å². The molecule has 0 aliphatic heterocycles. The van der Waals surface area contributed by atoms with Crippen molar-refractivity contribution in [3.63, 3.8) is 0 Å². The van der Waals surface area contributed by atoms with Crippen molar-refractivity contribution in [3.8, 4) is 0 Å². The van der Waals surface area contributed by atoms with Crippen LogP contribution in [0.15, 0.2) is 24.8 Å². The van der Waals surface area contributed by atoms with Crippen LogP contribution in [0.1, 0.15) is 6.92 Å². The Hall–Kier alpha value is -1.72. The summed E-state index contributed by atoms with van der Waals surface area (Å²) in [6.07, 6.45) is 0. The Bertz CT molecular complexity index is 261. The number of ether oxygens (including phenoxy) is 2. The molecule has 0 amide bonds. The van der Waals surface area contributed by atoms with Gasteiger partial charge in [0.05, 0.1) is 13.7 Å². The Morgan fingerprint density at radius 1 is 1.13 bits per heavy atom. The number of rotatable bonds is 3. The third-order valence-electron chi connectivity index (χ3n) is 0.904. The maximum atomic E-state index is 11.6. The molecule has 15 heavy (non-hydrogen) atoms. The Morgan fingerprint density at radius 2 is 1.53 bits per heavy atom. The van der Waals surface area contributed by atoms with Crippen LogP contribution in [0.2, 0.25) is 0 Å². The average molecular weight is 222 g/mol. The Kier molecular flexibility index (Phi) is 9.30. The van der Waals surface area contributed by atoms with Crippen molar-refractivity contribution >= 4 is 11.9 Å². The highest BCUT2D eigenvalue weighted by Gasteiger charge is 2.03. The van der Waals surface area contributed by atoms with Gasteiger partial charge in [0.15, 0.2) is 0 Å². The minimum Gasteiger partial charge on any atom is -0.464 e. The van der Waals surface area contributed by atoms with Crippen molar-refractivity contribution in [1.29, 1.82) is 0 Å². The molecule has 86 valence electrons. The van der Waals surface area contributed by atoms with Crippen LogP contribution in [-0.2, 0) is 19.1 Å². The number of hydrogen-bond donors (Lipinski definition) is 0. The molecule has 0 N–H and O–H groups in total. The van der Waals surface area contributed by atoms with Crippen molar-refractivity contribution in [2.24, 2.45) is 0 Å². The molecule has 0 atom stereocenters. The summed E-state index contributed by atoms with van der Waals surface area (Å²) in [5.41, 5.74) is 0. The SMILES string of the molecule is C=C(F)C(=O)OC.C=C(F)C(=O)OCC. The maximum Gasteiger partial charge on any atom is 0.366 e. The van der Waals surface area contributed by atoms with Gasteiger partial charge in [0, 0.05) is 0 Å². The molecule has 0 aliphatic rings.